The van der Waals surface area contributed by atoms with Gasteiger partial charge in [0, 0.05) is 56.9 Å². The minimum Gasteiger partial charge on any atom is -0.497 e. The summed E-state index contributed by atoms with van der Waals surface area (Å²) in [6.45, 7) is 2.54. The van der Waals surface area contributed by atoms with Gasteiger partial charge in [-0.05, 0) is 24.3 Å². The molecule has 0 radical (unpaired) electrons. The topological polar surface area (TPSA) is 123 Å². The number of carboxylic acids is 1. The Morgan fingerprint density at radius 2 is 1.83 bits per heavy atom. The predicted molar refractivity (Wildman–Crippen MR) is 139 cm³/mol. The molecule has 0 aliphatic carbocycles. The molecule has 2 aromatic heterocycles. The van der Waals surface area contributed by atoms with E-state index < -0.39 is 12.6 Å². The number of methoxy groups -OCH3 is 1. The fraction of sp³-hybridized carbons (Fsp3) is 0.269. The zero-order valence-corrected chi connectivity index (χ0v) is 20.1. The molecule has 0 spiro atoms. The monoisotopic (exact) mass is 489 g/mol. The van der Waals surface area contributed by atoms with Crippen LogP contribution in [0.25, 0.3) is 21.8 Å². The molecule has 10 heteroatoms. The van der Waals surface area contributed by atoms with Crippen molar-refractivity contribution < 1.29 is 19.4 Å². The molecule has 2 aromatic carbocycles. The summed E-state index contributed by atoms with van der Waals surface area (Å²) in [4.78, 5) is 33.6. The zero-order valence-electron chi connectivity index (χ0n) is 20.1. The summed E-state index contributed by atoms with van der Waals surface area (Å²) in [5.41, 5.74) is 8.84. The number of fused-ring (bicyclic) bond motifs is 2. The maximum absolute atomic E-state index is 13.6. The van der Waals surface area contributed by atoms with E-state index in [1.165, 1.54) is 13.2 Å². The van der Waals surface area contributed by atoms with E-state index in [2.05, 4.69) is 14.8 Å². The van der Waals surface area contributed by atoms with Gasteiger partial charge >= 0.3 is 5.97 Å². The molecule has 0 saturated carbocycles. The molecule has 4 aromatic rings. The van der Waals surface area contributed by atoms with Gasteiger partial charge in [-0.1, -0.05) is 6.07 Å². The highest BCUT2D eigenvalue weighted by Crippen LogP contribution is 2.34. The first-order valence-corrected chi connectivity index (χ1v) is 11.6. The van der Waals surface area contributed by atoms with Crippen molar-refractivity contribution in [3.05, 3.63) is 58.9 Å². The van der Waals surface area contributed by atoms with Crippen molar-refractivity contribution in [1.82, 2.24) is 9.55 Å². The van der Waals surface area contributed by atoms with Crippen molar-refractivity contribution >= 4 is 45.0 Å². The minimum absolute atomic E-state index is 0.155. The Morgan fingerprint density at radius 1 is 1.08 bits per heavy atom. The second-order valence-electron chi connectivity index (χ2n) is 8.68. The van der Waals surface area contributed by atoms with Crippen LogP contribution < -0.4 is 30.4 Å². The van der Waals surface area contributed by atoms with Crippen LogP contribution in [0.2, 0.25) is 0 Å². The van der Waals surface area contributed by atoms with Crippen LogP contribution in [0.5, 0.6) is 11.5 Å². The van der Waals surface area contributed by atoms with Crippen LogP contribution in [-0.4, -0.2) is 60.5 Å². The van der Waals surface area contributed by atoms with E-state index in [0.29, 0.717) is 27.9 Å². The number of nitrogen functional groups attached to an aromatic ring is 1. The van der Waals surface area contributed by atoms with E-state index in [1.807, 2.05) is 35.9 Å². The summed E-state index contributed by atoms with van der Waals surface area (Å²) in [7, 11) is 3.36. The molecule has 1 aliphatic rings. The lowest BCUT2D eigenvalue weighted by Crippen LogP contribution is -2.47. The van der Waals surface area contributed by atoms with Gasteiger partial charge in [0.2, 0.25) is 5.43 Å². The molecule has 0 atom stereocenters. The summed E-state index contributed by atoms with van der Waals surface area (Å²) >= 11 is 0. The van der Waals surface area contributed by atoms with Crippen LogP contribution in [0.15, 0.2) is 53.5 Å². The largest absolute Gasteiger partial charge is 0.497 e. The fourth-order valence-corrected chi connectivity index (χ4v) is 4.75. The van der Waals surface area contributed by atoms with Gasteiger partial charge in [0.15, 0.2) is 6.61 Å². The number of benzene rings is 2. The van der Waals surface area contributed by atoms with Gasteiger partial charge in [0.05, 0.1) is 34.9 Å². The Kier molecular flexibility index (Phi) is 6.01. The molecule has 10 nitrogen and oxygen atoms in total. The fourth-order valence-electron chi connectivity index (χ4n) is 4.75. The quantitative estimate of drug-likeness (QED) is 0.311. The number of hydrogen-bond acceptors (Lipinski definition) is 8. The van der Waals surface area contributed by atoms with Gasteiger partial charge in [0.25, 0.3) is 0 Å². The Labute approximate surface area is 207 Å². The third-order valence-corrected chi connectivity index (χ3v) is 6.57. The number of aromatic nitrogens is 2. The first kappa shape index (κ1) is 23.3. The first-order valence-electron chi connectivity index (χ1n) is 11.6. The molecule has 0 bridgehead atoms. The number of nitrogens with two attached hydrogens (primary N) is 1. The number of ether oxygens (including phenoxy) is 2. The zero-order chi connectivity index (χ0) is 25.4. The summed E-state index contributed by atoms with van der Waals surface area (Å²) in [6.07, 6.45) is 1.79. The Hall–Kier alpha value is -4.47. The van der Waals surface area contributed by atoms with Gasteiger partial charge < -0.3 is 34.7 Å². The van der Waals surface area contributed by atoms with Gasteiger partial charge in [-0.15, -0.1) is 0 Å². The second kappa shape index (κ2) is 9.29. The summed E-state index contributed by atoms with van der Waals surface area (Å²) in [6, 6.07) is 12.8. The molecule has 3 heterocycles. The van der Waals surface area contributed by atoms with Gasteiger partial charge in [-0.25, -0.2) is 9.78 Å². The number of piperazine rings is 1. The Morgan fingerprint density at radius 3 is 2.50 bits per heavy atom. The number of nitrogens with zero attached hydrogens (tertiary/aromatic N) is 4. The highest BCUT2D eigenvalue weighted by molar-refractivity contribution is 6.00. The van der Waals surface area contributed by atoms with E-state index in [1.54, 1.807) is 18.3 Å². The molecule has 1 fully saturated rings. The molecule has 5 rings (SSSR count). The third kappa shape index (κ3) is 4.10. The average molecular weight is 490 g/mol. The minimum atomic E-state index is -1.14. The summed E-state index contributed by atoms with van der Waals surface area (Å²) in [5.74, 6) is 0.425. The summed E-state index contributed by atoms with van der Waals surface area (Å²) in [5, 5.41) is 9.79. The molecule has 0 unspecified atom stereocenters. The van der Waals surface area contributed by atoms with Gasteiger partial charge in [-0.3, -0.25) is 4.79 Å². The number of aliphatic carboxylic acids is 1. The molecular weight excluding hydrogens is 462 g/mol. The predicted octanol–water partition coefficient (Wildman–Crippen LogP) is 2.47. The average Bonchev–Trinajstić information content (AvgIpc) is 2.90. The van der Waals surface area contributed by atoms with Crippen molar-refractivity contribution in [1.29, 1.82) is 0 Å². The third-order valence-electron chi connectivity index (χ3n) is 6.57. The maximum Gasteiger partial charge on any atom is 0.341 e. The van der Waals surface area contributed by atoms with E-state index in [0.717, 1.165) is 37.7 Å². The second-order valence-corrected chi connectivity index (χ2v) is 8.68. The van der Waals surface area contributed by atoms with Crippen LogP contribution in [0.4, 0.5) is 17.2 Å². The highest BCUT2D eigenvalue weighted by atomic mass is 16.5. The van der Waals surface area contributed by atoms with Crippen molar-refractivity contribution in [2.75, 3.05) is 55.4 Å². The smallest absolute Gasteiger partial charge is 0.341 e. The Bertz CT molecular complexity index is 1510. The molecule has 1 aliphatic heterocycles. The Balaban J connectivity index is 1.57. The highest BCUT2D eigenvalue weighted by Gasteiger charge is 2.22. The molecule has 3 N–H and O–H groups in total. The number of rotatable bonds is 6. The van der Waals surface area contributed by atoms with Gasteiger partial charge in [0.1, 0.15) is 17.3 Å². The first-order chi connectivity index (χ1) is 17.4. The van der Waals surface area contributed by atoms with E-state index in [4.69, 9.17) is 20.3 Å². The van der Waals surface area contributed by atoms with Crippen molar-refractivity contribution in [3.8, 4) is 11.5 Å². The van der Waals surface area contributed by atoms with Crippen LogP contribution in [-0.2, 0) is 11.8 Å². The van der Waals surface area contributed by atoms with E-state index >= 15 is 0 Å². The number of carboxylic acid groups (broad SMARTS) is 1. The van der Waals surface area contributed by atoms with Crippen molar-refractivity contribution in [2.24, 2.45) is 7.05 Å². The van der Waals surface area contributed by atoms with Crippen molar-refractivity contribution in [2.45, 2.75) is 0 Å². The molecule has 1 saturated heterocycles. The molecular formula is C26H27N5O5. The SMILES string of the molecule is COc1cc(OCC(=O)O)c2c(=O)c3cc(N)c(N4CCN(c5ccccn5)CC4)cc3n(C)c2c1. The number of anilines is 3. The lowest BCUT2D eigenvalue weighted by Gasteiger charge is -2.37. The van der Waals surface area contributed by atoms with Crippen LogP contribution in [0.3, 0.4) is 0 Å². The number of pyridine rings is 2. The molecule has 0 amide bonds. The van der Waals surface area contributed by atoms with Crippen LogP contribution in [0, 0.1) is 0 Å². The number of aryl methyl sites for hydroxylation is 1. The lowest BCUT2D eigenvalue weighted by molar-refractivity contribution is -0.139. The van der Waals surface area contributed by atoms with Crippen LogP contribution >= 0.6 is 0 Å². The normalized spacial score (nSPS) is 13.8. The number of hydrogen-bond donors (Lipinski definition) is 2. The number of carbonyl (C=O) groups is 1. The molecule has 186 valence electrons. The maximum atomic E-state index is 13.6. The van der Waals surface area contributed by atoms with E-state index in [9.17, 15) is 9.59 Å². The van der Waals surface area contributed by atoms with Crippen molar-refractivity contribution in [3.63, 3.8) is 0 Å². The summed E-state index contributed by atoms with van der Waals surface area (Å²) < 4.78 is 12.7. The van der Waals surface area contributed by atoms with Gasteiger partial charge in [-0.2, -0.15) is 0 Å². The standard InChI is InChI=1S/C26H27N5O5/c1-29-19-14-20(30-7-9-31(10-8-30)23-5-3-4-6-28-23)18(27)13-17(19)26(34)25-21(29)11-16(35-2)12-22(25)36-15-24(32)33/h3-6,11-14H,7-10,15,27H2,1-2H3,(H,32,33). The van der Waals surface area contributed by atoms with E-state index in [-0.39, 0.29) is 16.6 Å². The van der Waals surface area contributed by atoms with Crippen LogP contribution in [0.1, 0.15) is 0 Å². The lowest BCUT2D eigenvalue weighted by atomic mass is 10.1. The molecule has 36 heavy (non-hydrogen) atoms.